The van der Waals surface area contributed by atoms with E-state index in [1.165, 1.54) is 16.7 Å². The van der Waals surface area contributed by atoms with Crippen LogP contribution >= 0.6 is 31.9 Å². The molecule has 2 aromatic rings. The SMILES string of the molecule is Brc1cc(Br)cc(COC2CCc3ccccc3C2N2CCOCC2)c1. The molecule has 1 saturated heterocycles. The quantitative estimate of drug-likeness (QED) is 0.606. The van der Waals surface area contributed by atoms with Crippen LogP contribution in [0.5, 0.6) is 0 Å². The molecule has 26 heavy (non-hydrogen) atoms. The maximum absolute atomic E-state index is 6.48. The lowest BCUT2D eigenvalue weighted by Gasteiger charge is -2.42. The number of morpholine rings is 1. The molecule has 3 nitrogen and oxygen atoms in total. The first-order chi connectivity index (χ1) is 12.7. The fourth-order valence-electron chi connectivity index (χ4n) is 4.07. The number of ether oxygens (including phenoxy) is 2. The Morgan fingerprint density at radius 2 is 1.77 bits per heavy atom. The van der Waals surface area contributed by atoms with Crippen LogP contribution in [0.2, 0.25) is 0 Å². The molecule has 138 valence electrons. The van der Waals surface area contributed by atoms with Gasteiger partial charge in [0.25, 0.3) is 0 Å². The monoisotopic (exact) mass is 479 g/mol. The van der Waals surface area contributed by atoms with Crippen molar-refractivity contribution >= 4 is 31.9 Å². The van der Waals surface area contributed by atoms with E-state index in [0.29, 0.717) is 12.6 Å². The molecule has 0 spiro atoms. The summed E-state index contributed by atoms with van der Waals surface area (Å²) in [6.07, 6.45) is 2.36. The summed E-state index contributed by atoms with van der Waals surface area (Å²) < 4.78 is 14.2. The van der Waals surface area contributed by atoms with Gasteiger partial charge >= 0.3 is 0 Å². The average molecular weight is 481 g/mol. The van der Waals surface area contributed by atoms with Gasteiger partial charge in [-0.05, 0) is 47.7 Å². The number of hydrogen-bond donors (Lipinski definition) is 0. The molecular weight excluding hydrogens is 458 g/mol. The minimum absolute atomic E-state index is 0.209. The summed E-state index contributed by atoms with van der Waals surface area (Å²) in [5, 5.41) is 0. The molecular formula is C21H23Br2NO2. The van der Waals surface area contributed by atoms with Crippen LogP contribution in [-0.4, -0.2) is 37.3 Å². The molecule has 0 radical (unpaired) electrons. The van der Waals surface area contributed by atoms with Crippen molar-refractivity contribution in [3.8, 4) is 0 Å². The molecule has 0 bridgehead atoms. The Bertz CT molecular complexity index is 741. The Morgan fingerprint density at radius 1 is 1.04 bits per heavy atom. The highest BCUT2D eigenvalue weighted by atomic mass is 79.9. The molecule has 0 saturated carbocycles. The lowest BCUT2D eigenvalue weighted by atomic mass is 9.84. The van der Waals surface area contributed by atoms with Crippen LogP contribution in [0.25, 0.3) is 0 Å². The van der Waals surface area contributed by atoms with Crippen molar-refractivity contribution in [2.24, 2.45) is 0 Å². The van der Waals surface area contributed by atoms with Crippen LogP contribution in [0, 0.1) is 0 Å². The lowest BCUT2D eigenvalue weighted by molar-refractivity contribution is -0.0637. The third kappa shape index (κ3) is 4.23. The fourth-order valence-corrected chi connectivity index (χ4v) is 5.45. The van der Waals surface area contributed by atoms with Gasteiger partial charge in [0.05, 0.1) is 32.0 Å². The molecule has 2 unspecified atom stereocenters. The Morgan fingerprint density at radius 3 is 2.54 bits per heavy atom. The smallest absolute Gasteiger partial charge is 0.0779 e. The minimum Gasteiger partial charge on any atom is -0.379 e. The molecule has 1 heterocycles. The Labute approximate surface area is 171 Å². The number of hydrogen-bond acceptors (Lipinski definition) is 3. The number of rotatable bonds is 4. The molecule has 1 aliphatic heterocycles. The third-order valence-electron chi connectivity index (χ3n) is 5.25. The summed E-state index contributed by atoms with van der Waals surface area (Å²) >= 11 is 7.13. The molecule has 0 N–H and O–H groups in total. The van der Waals surface area contributed by atoms with Gasteiger partial charge in [0.2, 0.25) is 0 Å². The predicted octanol–water partition coefficient (Wildman–Crippen LogP) is 5.12. The molecule has 0 aromatic heterocycles. The highest BCUT2D eigenvalue weighted by molar-refractivity contribution is 9.11. The van der Waals surface area contributed by atoms with Crippen molar-refractivity contribution in [3.63, 3.8) is 0 Å². The fraction of sp³-hybridized carbons (Fsp3) is 0.429. The minimum atomic E-state index is 0.209. The Kier molecular flexibility index (Phi) is 6.11. The van der Waals surface area contributed by atoms with Crippen molar-refractivity contribution in [1.29, 1.82) is 0 Å². The van der Waals surface area contributed by atoms with E-state index in [9.17, 15) is 0 Å². The van der Waals surface area contributed by atoms with Gasteiger partial charge in [0.1, 0.15) is 0 Å². The summed E-state index contributed by atoms with van der Waals surface area (Å²) in [6, 6.07) is 15.5. The van der Waals surface area contributed by atoms with Crippen molar-refractivity contribution in [1.82, 2.24) is 4.90 Å². The van der Waals surface area contributed by atoms with Gasteiger partial charge in [-0.3, -0.25) is 4.90 Å². The Balaban J connectivity index is 1.55. The van der Waals surface area contributed by atoms with Crippen LogP contribution in [-0.2, 0) is 22.5 Å². The summed E-state index contributed by atoms with van der Waals surface area (Å²) in [7, 11) is 0. The maximum atomic E-state index is 6.48. The molecule has 5 heteroatoms. The molecule has 0 amide bonds. The van der Waals surface area contributed by atoms with Crippen LogP contribution < -0.4 is 0 Å². The maximum Gasteiger partial charge on any atom is 0.0779 e. The number of fused-ring (bicyclic) bond motifs is 1. The van der Waals surface area contributed by atoms with Gasteiger partial charge in [-0.2, -0.15) is 0 Å². The van der Waals surface area contributed by atoms with Gasteiger partial charge < -0.3 is 9.47 Å². The second-order valence-electron chi connectivity index (χ2n) is 6.96. The summed E-state index contributed by atoms with van der Waals surface area (Å²) in [5.41, 5.74) is 4.08. The second kappa shape index (κ2) is 8.53. The normalized spacial score (nSPS) is 23.6. The van der Waals surface area contributed by atoms with Gasteiger partial charge in [0.15, 0.2) is 0 Å². The second-order valence-corrected chi connectivity index (χ2v) is 8.79. The summed E-state index contributed by atoms with van der Waals surface area (Å²) in [5.74, 6) is 0. The topological polar surface area (TPSA) is 21.7 Å². The zero-order valence-electron chi connectivity index (χ0n) is 14.7. The van der Waals surface area contributed by atoms with E-state index >= 15 is 0 Å². The highest BCUT2D eigenvalue weighted by Gasteiger charge is 2.35. The standard InChI is InChI=1S/C21H23Br2NO2/c22-17-11-15(12-18(23)13-17)14-26-20-6-5-16-3-1-2-4-19(16)21(20)24-7-9-25-10-8-24/h1-4,11-13,20-21H,5-10,14H2. The molecule has 2 aliphatic rings. The van der Waals surface area contributed by atoms with E-state index in [1.807, 2.05) is 0 Å². The van der Waals surface area contributed by atoms with E-state index in [0.717, 1.165) is 48.1 Å². The van der Waals surface area contributed by atoms with Crippen molar-refractivity contribution in [2.75, 3.05) is 26.3 Å². The van der Waals surface area contributed by atoms with Crippen LogP contribution in [0.1, 0.15) is 29.2 Å². The first-order valence-corrected chi connectivity index (χ1v) is 10.8. The van der Waals surface area contributed by atoms with Gasteiger partial charge in [-0.15, -0.1) is 0 Å². The number of nitrogens with zero attached hydrogens (tertiary/aromatic N) is 1. The Hall–Kier alpha value is -0.720. The highest BCUT2D eigenvalue weighted by Crippen LogP contribution is 2.37. The van der Waals surface area contributed by atoms with Gasteiger partial charge in [-0.1, -0.05) is 56.1 Å². The van der Waals surface area contributed by atoms with Crippen LogP contribution in [0.15, 0.2) is 51.4 Å². The largest absolute Gasteiger partial charge is 0.379 e. The van der Waals surface area contributed by atoms with E-state index in [1.54, 1.807) is 0 Å². The summed E-state index contributed by atoms with van der Waals surface area (Å²) in [6.45, 7) is 4.20. The van der Waals surface area contributed by atoms with E-state index in [-0.39, 0.29) is 6.10 Å². The number of halogens is 2. The van der Waals surface area contributed by atoms with E-state index < -0.39 is 0 Å². The van der Waals surface area contributed by atoms with Crippen molar-refractivity contribution in [3.05, 3.63) is 68.1 Å². The van der Waals surface area contributed by atoms with Gasteiger partial charge in [-0.25, -0.2) is 0 Å². The first-order valence-electron chi connectivity index (χ1n) is 9.17. The number of aryl methyl sites for hydroxylation is 1. The summed E-state index contributed by atoms with van der Waals surface area (Å²) in [4.78, 5) is 2.54. The number of benzene rings is 2. The molecule has 2 atom stereocenters. The zero-order valence-corrected chi connectivity index (χ0v) is 17.8. The average Bonchev–Trinajstić information content (AvgIpc) is 2.66. The zero-order chi connectivity index (χ0) is 17.9. The molecule has 4 rings (SSSR count). The predicted molar refractivity (Wildman–Crippen MR) is 110 cm³/mol. The van der Waals surface area contributed by atoms with E-state index in [2.05, 4.69) is 79.2 Å². The first kappa shape index (κ1) is 18.6. The van der Waals surface area contributed by atoms with Crippen LogP contribution in [0.3, 0.4) is 0 Å². The van der Waals surface area contributed by atoms with Crippen molar-refractivity contribution in [2.45, 2.75) is 31.6 Å². The third-order valence-corrected chi connectivity index (χ3v) is 6.17. The van der Waals surface area contributed by atoms with Gasteiger partial charge in [0, 0.05) is 22.0 Å². The van der Waals surface area contributed by atoms with Crippen molar-refractivity contribution < 1.29 is 9.47 Å². The molecule has 1 fully saturated rings. The molecule has 2 aromatic carbocycles. The lowest BCUT2D eigenvalue weighted by Crippen LogP contribution is -2.46. The molecule has 1 aliphatic carbocycles. The van der Waals surface area contributed by atoms with E-state index in [4.69, 9.17) is 9.47 Å². The van der Waals surface area contributed by atoms with Crippen LogP contribution in [0.4, 0.5) is 0 Å².